The monoisotopic (exact) mass is 347 g/mol. The fourth-order valence-corrected chi connectivity index (χ4v) is 3.73. The van der Waals surface area contributed by atoms with Crippen LogP contribution in [0.1, 0.15) is 17.0 Å². The maximum atomic E-state index is 13.4. The predicted molar refractivity (Wildman–Crippen MR) is 97.4 cm³/mol. The van der Waals surface area contributed by atoms with E-state index in [4.69, 9.17) is 0 Å². The number of aromatic amines is 1. The predicted octanol–water partition coefficient (Wildman–Crippen LogP) is 3.45. The van der Waals surface area contributed by atoms with Crippen LogP contribution in [-0.2, 0) is 19.5 Å². The van der Waals surface area contributed by atoms with Gasteiger partial charge in [-0.2, -0.15) is 0 Å². The molecule has 0 unspecified atom stereocenters. The Bertz CT molecular complexity index is 1080. The lowest BCUT2D eigenvalue weighted by molar-refractivity contribution is 0.240. The number of nitrogens with one attached hydrogen (secondary N) is 1. The van der Waals surface area contributed by atoms with E-state index in [0.717, 1.165) is 31.7 Å². The summed E-state index contributed by atoms with van der Waals surface area (Å²) in [5.41, 5.74) is 5.49. The molecule has 1 aliphatic heterocycles. The number of hydrogen-bond donors (Lipinski definition) is 1. The average molecular weight is 347 g/mol. The van der Waals surface area contributed by atoms with Crippen LogP contribution < -0.4 is 0 Å². The lowest BCUT2D eigenvalue weighted by atomic mass is 10.0. The normalized spacial score (nSPS) is 14.7. The Balaban J connectivity index is 1.35. The minimum absolute atomic E-state index is 0.276. The number of fused-ring (bicyclic) bond motifs is 3. The molecule has 130 valence electrons. The van der Waals surface area contributed by atoms with Crippen LogP contribution in [-0.4, -0.2) is 31.4 Å². The third kappa shape index (κ3) is 2.68. The SMILES string of the molecule is Fc1cccc(-n2cc(CN3CCc4c([nH]c5ccccc45)C3)nn2)c1. The van der Waals surface area contributed by atoms with Gasteiger partial charge < -0.3 is 4.98 Å². The number of benzene rings is 2. The molecular formula is C20H18FN5. The molecule has 0 atom stereocenters. The van der Waals surface area contributed by atoms with E-state index in [2.05, 4.69) is 44.5 Å². The fraction of sp³-hybridized carbons (Fsp3) is 0.200. The number of nitrogens with zero attached hydrogens (tertiary/aromatic N) is 4. The second kappa shape index (κ2) is 6.07. The van der Waals surface area contributed by atoms with Gasteiger partial charge in [0.2, 0.25) is 0 Å². The molecule has 6 heteroatoms. The number of rotatable bonds is 3. The van der Waals surface area contributed by atoms with Gasteiger partial charge in [0, 0.05) is 36.2 Å². The van der Waals surface area contributed by atoms with E-state index in [1.54, 1.807) is 10.7 Å². The molecule has 0 saturated carbocycles. The van der Waals surface area contributed by atoms with Crippen molar-refractivity contribution in [3.8, 4) is 5.69 Å². The van der Waals surface area contributed by atoms with Gasteiger partial charge in [0.15, 0.2) is 0 Å². The number of halogens is 1. The molecule has 0 spiro atoms. The molecule has 0 aliphatic carbocycles. The summed E-state index contributed by atoms with van der Waals surface area (Å²) in [6.07, 6.45) is 2.90. The Kier molecular flexibility index (Phi) is 3.57. The zero-order chi connectivity index (χ0) is 17.5. The van der Waals surface area contributed by atoms with Gasteiger partial charge in [-0.15, -0.1) is 5.10 Å². The third-order valence-electron chi connectivity index (χ3n) is 4.96. The van der Waals surface area contributed by atoms with Crippen LogP contribution in [0.15, 0.2) is 54.7 Å². The van der Waals surface area contributed by atoms with Gasteiger partial charge in [-0.3, -0.25) is 4.90 Å². The summed E-state index contributed by atoms with van der Waals surface area (Å²) in [6, 6.07) is 14.8. The molecule has 2 aromatic heterocycles. The smallest absolute Gasteiger partial charge is 0.125 e. The third-order valence-corrected chi connectivity index (χ3v) is 4.96. The van der Waals surface area contributed by atoms with Crippen molar-refractivity contribution in [1.29, 1.82) is 0 Å². The zero-order valence-electron chi connectivity index (χ0n) is 14.2. The number of hydrogen-bond acceptors (Lipinski definition) is 3. The summed E-state index contributed by atoms with van der Waals surface area (Å²) in [5.74, 6) is -0.276. The van der Waals surface area contributed by atoms with Crippen LogP contribution in [0, 0.1) is 5.82 Å². The average Bonchev–Trinajstić information content (AvgIpc) is 3.26. The first-order chi connectivity index (χ1) is 12.8. The topological polar surface area (TPSA) is 49.7 Å². The molecule has 5 rings (SSSR count). The van der Waals surface area contributed by atoms with Crippen LogP contribution in [0.2, 0.25) is 0 Å². The highest BCUT2D eigenvalue weighted by atomic mass is 19.1. The summed E-state index contributed by atoms with van der Waals surface area (Å²) >= 11 is 0. The summed E-state index contributed by atoms with van der Waals surface area (Å²) in [5, 5.41) is 9.72. The van der Waals surface area contributed by atoms with Crippen molar-refractivity contribution in [3.05, 3.63) is 77.5 Å². The van der Waals surface area contributed by atoms with Crippen molar-refractivity contribution < 1.29 is 4.39 Å². The van der Waals surface area contributed by atoms with Gasteiger partial charge in [0.1, 0.15) is 5.82 Å². The minimum Gasteiger partial charge on any atom is -0.357 e. The second-order valence-electron chi connectivity index (χ2n) is 6.72. The van der Waals surface area contributed by atoms with E-state index >= 15 is 0 Å². The Hall–Kier alpha value is -2.99. The quantitative estimate of drug-likeness (QED) is 0.618. The van der Waals surface area contributed by atoms with Crippen LogP contribution in [0.5, 0.6) is 0 Å². The highest BCUT2D eigenvalue weighted by Gasteiger charge is 2.21. The lowest BCUT2D eigenvalue weighted by Gasteiger charge is -2.25. The van der Waals surface area contributed by atoms with Gasteiger partial charge in [0.25, 0.3) is 0 Å². The Morgan fingerprint density at radius 1 is 1.12 bits per heavy atom. The van der Waals surface area contributed by atoms with Crippen LogP contribution in [0.4, 0.5) is 4.39 Å². The maximum Gasteiger partial charge on any atom is 0.125 e. The van der Waals surface area contributed by atoms with E-state index in [1.807, 2.05) is 12.3 Å². The van der Waals surface area contributed by atoms with Gasteiger partial charge in [-0.25, -0.2) is 9.07 Å². The van der Waals surface area contributed by atoms with Crippen molar-refractivity contribution in [2.45, 2.75) is 19.5 Å². The molecule has 0 amide bonds. The first-order valence-electron chi connectivity index (χ1n) is 8.74. The molecule has 26 heavy (non-hydrogen) atoms. The molecule has 2 aromatic carbocycles. The van der Waals surface area contributed by atoms with Gasteiger partial charge in [-0.1, -0.05) is 29.5 Å². The standard InChI is InChI=1S/C20H18FN5/c21-14-4-3-5-16(10-14)26-12-15(23-24-26)11-25-9-8-18-17-6-1-2-7-19(17)22-20(18)13-25/h1-7,10,12,22H,8-9,11,13H2. The Labute approximate surface area is 150 Å². The molecule has 4 aromatic rings. The van der Waals surface area contributed by atoms with Gasteiger partial charge >= 0.3 is 0 Å². The van der Waals surface area contributed by atoms with E-state index in [-0.39, 0.29) is 5.82 Å². The first kappa shape index (κ1) is 15.3. The Morgan fingerprint density at radius 3 is 2.96 bits per heavy atom. The fourth-order valence-electron chi connectivity index (χ4n) is 3.73. The molecular weight excluding hydrogens is 329 g/mol. The van der Waals surface area contributed by atoms with Crippen LogP contribution in [0.3, 0.4) is 0 Å². The van der Waals surface area contributed by atoms with Crippen LogP contribution in [0.25, 0.3) is 16.6 Å². The summed E-state index contributed by atoms with van der Waals surface area (Å²) in [6.45, 7) is 2.59. The molecule has 3 heterocycles. The number of aromatic nitrogens is 4. The van der Waals surface area contributed by atoms with Crippen LogP contribution >= 0.6 is 0 Å². The highest BCUT2D eigenvalue weighted by molar-refractivity contribution is 5.84. The lowest BCUT2D eigenvalue weighted by Crippen LogP contribution is -2.30. The summed E-state index contributed by atoms with van der Waals surface area (Å²) < 4.78 is 15.0. The van der Waals surface area contributed by atoms with E-state index < -0.39 is 0 Å². The Morgan fingerprint density at radius 2 is 2.04 bits per heavy atom. The molecule has 0 bridgehead atoms. The van der Waals surface area contributed by atoms with Gasteiger partial charge in [-0.05, 0) is 36.2 Å². The maximum absolute atomic E-state index is 13.4. The van der Waals surface area contributed by atoms with E-state index in [0.29, 0.717) is 5.69 Å². The molecule has 1 N–H and O–H groups in total. The van der Waals surface area contributed by atoms with Crippen molar-refractivity contribution >= 4 is 10.9 Å². The van der Waals surface area contributed by atoms with E-state index in [1.165, 1.54) is 34.3 Å². The second-order valence-corrected chi connectivity index (χ2v) is 6.72. The minimum atomic E-state index is -0.276. The molecule has 0 saturated heterocycles. The molecule has 5 nitrogen and oxygen atoms in total. The largest absolute Gasteiger partial charge is 0.357 e. The molecule has 0 radical (unpaired) electrons. The molecule has 0 fully saturated rings. The zero-order valence-corrected chi connectivity index (χ0v) is 14.2. The van der Waals surface area contributed by atoms with Crippen molar-refractivity contribution in [2.75, 3.05) is 6.54 Å². The highest BCUT2D eigenvalue weighted by Crippen LogP contribution is 2.27. The molecule has 1 aliphatic rings. The number of para-hydroxylation sites is 1. The summed E-state index contributed by atoms with van der Waals surface area (Å²) in [7, 11) is 0. The van der Waals surface area contributed by atoms with Crippen molar-refractivity contribution in [1.82, 2.24) is 24.9 Å². The van der Waals surface area contributed by atoms with Crippen molar-refractivity contribution in [3.63, 3.8) is 0 Å². The number of H-pyrrole nitrogens is 1. The summed E-state index contributed by atoms with van der Waals surface area (Å²) in [4.78, 5) is 5.90. The van der Waals surface area contributed by atoms with E-state index in [9.17, 15) is 4.39 Å². The van der Waals surface area contributed by atoms with Gasteiger partial charge in [0.05, 0.1) is 17.6 Å². The first-order valence-corrected chi connectivity index (χ1v) is 8.74. The van der Waals surface area contributed by atoms with Crippen molar-refractivity contribution in [2.24, 2.45) is 0 Å².